The number of carbonyl (C=O) groups is 2. The van der Waals surface area contributed by atoms with E-state index in [1.165, 1.54) is 14.0 Å². The predicted octanol–water partition coefficient (Wildman–Crippen LogP) is 2.47. The van der Waals surface area contributed by atoms with Crippen LogP contribution in [0.5, 0.6) is 5.75 Å². The lowest BCUT2D eigenvalue weighted by atomic mass is 9.96. The molecule has 0 aliphatic rings. The summed E-state index contributed by atoms with van der Waals surface area (Å²) in [5.41, 5.74) is 3.13. The van der Waals surface area contributed by atoms with Gasteiger partial charge >= 0.3 is 5.97 Å². The zero-order chi connectivity index (χ0) is 16.7. The van der Waals surface area contributed by atoms with Crippen LogP contribution in [0, 0.1) is 0 Å². The third-order valence-electron chi connectivity index (χ3n) is 3.33. The van der Waals surface area contributed by atoms with E-state index in [0.717, 1.165) is 35.3 Å². The maximum absolute atomic E-state index is 11.8. The van der Waals surface area contributed by atoms with Gasteiger partial charge in [-0.05, 0) is 47.7 Å². The molecular formula is C17H23NO4. The van der Waals surface area contributed by atoms with E-state index in [2.05, 4.69) is 5.32 Å². The Bertz CT molecular complexity index is 565. The lowest BCUT2D eigenvalue weighted by molar-refractivity contribution is -0.137. The summed E-state index contributed by atoms with van der Waals surface area (Å²) in [5.74, 6) is -0.110. The van der Waals surface area contributed by atoms with Crippen molar-refractivity contribution >= 4 is 18.0 Å². The molecule has 0 fully saturated rings. The second kappa shape index (κ2) is 8.22. The van der Waals surface area contributed by atoms with Gasteiger partial charge in [-0.3, -0.25) is 4.79 Å². The Hall–Kier alpha value is -2.30. The van der Waals surface area contributed by atoms with E-state index in [1.54, 1.807) is 13.2 Å². The van der Waals surface area contributed by atoms with Gasteiger partial charge in [0.25, 0.3) is 0 Å². The van der Waals surface area contributed by atoms with Crippen LogP contribution in [-0.4, -0.2) is 26.1 Å². The molecule has 0 aromatic heterocycles. The summed E-state index contributed by atoms with van der Waals surface area (Å²) in [6.45, 7) is 5.41. The maximum atomic E-state index is 11.8. The van der Waals surface area contributed by atoms with Crippen molar-refractivity contribution in [3.63, 3.8) is 0 Å². The molecule has 1 amide bonds. The molecule has 0 saturated heterocycles. The monoisotopic (exact) mass is 305 g/mol. The lowest BCUT2D eigenvalue weighted by Crippen LogP contribution is -2.25. The van der Waals surface area contributed by atoms with Gasteiger partial charge in [-0.25, -0.2) is 4.79 Å². The summed E-state index contributed by atoms with van der Waals surface area (Å²) in [6.07, 6.45) is 3.24. The van der Waals surface area contributed by atoms with Gasteiger partial charge in [0.1, 0.15) is 11.4 Å². The molecule has 5 heteroatoms. The van der Waals surface area contributed by atoms with E-state index in [-0.39, 0.29) is 11.6 Å². The van der Waals surface area contributed by atoms with Crippen LogP contribution in [-0.2, 0) is 27.2 Å². The number of aryl methyl sites for hydroxylation is 2. The van der Waals surface area contributed by atoms with E-state index in [0.29, 0.717) is 0 Å². The minimum absolute atomic E-state index is 0.129. The van der Waals surface area contributed by atoms with E-state index in [1.807, 2.05) is 26.0 Å². The molecule has 1 aromatic rings. The molecule has 0 bridgehead atoms. The molecule has 0 atom stereocenters. The SMILES string of the molecule is CCc1cc(OC)cc(CC)c1/C=C(\NC(C)=O)C(=O)OC. The summed E-state index contributed by atoms with van der Waals surface area (Å²) in [7, 11) is 2.91. The Kier molecular flexibility index (Phi) is 6.63. The molecule has 0 unspecified atom stereocenters. The fourth-order valence-electron chi connectivity index (χ4n) is 2.23. The van der Waals surface area contributed by atoms with E-state index >= 15 is 0 Å². The number of rotatable bonds is 6. The number of nitrogens with one attached hydrogen (secondary N) is 1. The van der Waals surface area contributed by atoms with Crippen molar-refractivity contribution in [2.75, 3.05) is 14.2 Å². The Balaban J connectivity index is 3.46. The third kappa shape index (κ3) is 4.35. The van der Waals surface area contributed by atoms with Gasteiger partial charge in [0, 0.05) is 6.92 Å². The predicted molar refractivity (Wildman–Crippen MR) is 85.6 cm³/mol. The van der Waals surface area contributed by atoms with Gasteiger partial charge < -0.3 is 14.8 Å². The molecule has 120 valence electrons. The Labute approximate surface area is 131 Å². The first-order valence-electron chi connectivity index (χ1n) is 7.24. The normalized spacial score (nSPS) is 11.0. The summed E-state index contributed by atoms with van der Waals surface area (Å²) < 4.78 is 10.0. The van der Waals surface area contributed by atoms with Crippen molar-refractivity contribution in [3.05, 3.63) is 34.5 Å². The van der Waals surface area contributed by atoms with Gasteiger partial charge in [0.05, 0.1) is 14.2 Å². The maximum Gasteiger partial charge on any atom is 0.354 e. The Morgan fingerprint density at radius 2 is 1.68 bits per heavy atom. The largest absolute Gasteiger partial charge is 0.497 e. The molecule has 0 radical (unpaired) electrons. The average molecular weight is 305 g/mol. The summed E-state index contributed by atoms with van der Waals surface area (Å²) >= 11 is 0. The number of amides is 1. The standard InChI is InChI=1S/C17H23NO4/c1-6-12-8-14(21-4)9-13(7-2)15(12)10-16(17(20)22-5)18-11(3)19/h8-10H,6-7H2,1-5H3,(H,18,19)/b16-10-. The number of carbonyl (C=O) groups excluding carboxylic acids is 2. The van der Waals surface area contributed by atoms with Gasteiger partial charge in [0.15, 0.2) is 0 Å². The molecule has 0 heterocycles. The highest BCUT2D eigenvalue weighted by Crippen LogP contribution is 2.26. The van der Waals surface area contributed by atoms with E-state index in [9.17, 15) is 9.59 Å². The molecule has 0 aliphatic heterocycles. The zero-order valence-corrected chi connectivity index (χ0v) is 13.8. The van der Waals surface area contributed by atoms with Crippen molar-refractivity contribution in [1.29, 1.82) is 0 Å². The van der Waals surface area contributed by atoms with Crippen LogP contribution in [0.4, 0.5) is 0 Å². The fourth-order valence-corrected chi connectivity index (χ4v) is 2.23. The second-order valence-electron chi connectivity index (χ2n) is 4.80. The highest BCUT2D eigenvalue weighted by molar-refractivity contribution is 5.97. The number of methoxy groups -OCH3 is 2. The summed E-state index contributed by atoms with van der Waals surface area (Å²) in [5, 5.41) is 2.53. The van der Waals surface area contributed by atoms with Crippen LogP contribution in [0.25, 0.3) is 6.08 Å². The van der Waals surface area contributed by atoms with Crippen LogP contribution in [0.15, 0.2) is 17.8 Å². The number of benzene rings is 1. The van der Waals surface area contributed by atoms with Crippen molar-refractivity contribution in [2.24, 2.45) is 0 Å². The fraction of sp³-hybridized carbons (Fsp3) is 0.412. The Morgan fingerprint density at radius 3 is 2.05 bits per heavy atom. The van der Waals surface area contributed by atoms with E-state index in [4.69, 9.17) is 9.47 Å². The average Bonchev–Trinajstić information content (AvgIpc) is 2.52. The van der Waals surface area contributed by atoms with Gasteiger partial charge in [0.2, 0.25) is 5.91 Å². The third-order valence-corrected chi connectivity index (χ3v) is 3.33. The van der Waals surface area contributed by atoms with Crippen molar-refractivity contribution in [3.8, 4) is 5.75 Å². The number of esters is 1. The van der Waals surface area contributed by atoms with Crippen LogP contribution in [0.3, 0.4) is 0 Å². The summed E-state index contributed by atoms with van der Waals surface area (Å²) in [6, 6.07) is 3.88. The highest BCUT2D eigenvalue weighted by Gasteiger charge is 2.15. The minimum Gasteiger partial charge on any atom is -0.497 e. The smallest absolute Gasteiger partial charge is 0.354 e. The molecule has 0 spiro atoms. The molecule has 0 saturated carbocycles. The molecule has 1 aromatic carbocycles. The topological polar surface area (TPSA) is 64.6 Å². The first-order chi connectivity index (χ1) is 10.5. The molecule has 5 nitrogen and oxygen atoms in total. The molecule has 1 N–H and O–H groups in total. The number of ether oxygens (including phenoxy) is 2. The highest BCUT2D eigenvalue weighted by atomic mass is 16.5. The molecule has 0 aliphatic carbocycles. The van der Waals surface area contributed by atoms with Crippen LogP contribution in [0.1, 0.15) is 37.5 Å². The van der Waals surface area contributed by atoms with Crippen molar-refractivity contribution in [2.45, 2.75) is 33.6 Å². The quantitative estimate of drug-likeness (QED) is 0.648. The molecule has 1 rings (SSSR count). The second-order valence-corrected chi connectivity index (χ2v) is 4.80. The first-order valence-corrected chi connectivity index (χ1v) is 7.24. The van der Waals surface area contributed by atoms with Crippen molar-refractivity contribution in [1.82, 2.24) is 5.32 Å². The van der Waals surface area contributed by atoms with E-state index < -0.39 is 5.97 Å². The Morgan fingerprint density at radius 1 is 1.14 bits per heavy atom. The minimum atomic E-state index is -0.574. The van der Waals surface area contributed by atoms with Gasteiger partial charge in [-0.2, -0.15) is 0 Å². The summed E-state index contributed by atoms with van der Waals surface area (Å²) in [4.78, 5) is 23.1. The molecular weight excluding hydrogens is 282 g/mol. The number of hydrogen-bond donors (Lipinski definition) is 1. The lowest BCUT2D eigenvalue weighted by Gasteiger charge is -2.14. The van der Waals surface area contributed by atoms with Crippen molar-refractivity contribution < 1.29 is 19.1 Å². The van der Waals surface area contributed by atoms with Gasteiger partial charge in [-0.15, -0.1) is 0 Å². The zero-order valence-electron chi connectivity index (χ0n) is 13.8. The molecule has 22 heavy (non-hydrogen) atoms. The van der Waals surface area contributed by atoms with Crippen LogP contribution < -0.4 is 10.1 Å². The number of hydrogen-bond acceptors (Lipinski definition) is 4. The van der Waals surface area contributed by atoms with Crippen LogP contribution in [0.2, 0.25) is 0 Å². The van der Waals surface area contributed by atoms with Gasteiger partial charge in [-0.1, -0.05) is 13.8 Å². The first kappa shape index (κ1) is 17.8. The van der Waals surface area contributed by atoms with Crippen LogP contribution >= 0.6 is 0 Å².